The van der Waals surface area contributed by atoms with E-state index in [0.29, 0.717) is 0 Å². The lowest BCUT2D eigenvalue weighted by molar-refractivity contribution is 0.660. The molecule has 8 aromatic rings. The molecule has 3 heterocycles. The zero-order valence-corrected chi connectivity index (χ0v) is 23.7. The second-order valence-electron chi connectivity index (χ2n) is 11.6. The van der Waals surface area contributed by atoms with Crippen LogP contribution < -0.4 is 0 Å². The van der Waals surface area contributed by atoms with Gasteiger partial charge in [0.15, 0.2) is 0 Å². The SMILES string of the molecule is CC1(C)c2ccc(-c3ccc4sc5cccnc5c4c3)cc2-c2cc(-n3c4ccccc4c4ccccc43)ccc21. The van der Waals surface area contributed by atoms with E-state index in [1.807, 2.05) is 23.6 Å². The van der Waals surface area contributed by atoms with Crippen molar-refractivity contribution in [3.63, 3.8) is 0 Å². The first-order valence-electron chi connectivity index (χ1n) is 14.1. The average Bonchev–Trinajstić information content (AvgIpc) is 3.62. The zero-order valence-electron chi connectivity index (χ0n) is 22.8. The Labute approximate surface area is 242 Å². The Hall–Kier alpha value is -4.73. The van der Waals surface area contributed by atoms with Gasteiger partial charge in [0, 0.05) is 38.2 Å². The second-order valence-corrected chi connectivity index (χ2v) is 12.7. The van der Waals surface area contributed by atoms with Crippen molar-refractivity contribution in [2.45, 2.75) is 19.3 Å². The molecule has 0 fully saturated rings. The van der Waals surface area contributed by atoms with E-state index in [-0.39, 0.29) is 5.41 Å². The molecule has 3 aromatic heterocycles. The van der Waals surface area contributed by atoms with Crippen LogP contribution in [0.2, 0.25) is 0 Å². The molecule has 9 rings (SSSR count). The van der Waals surface area contributed by atoms with Crippen LogP contribution in [0.1, 0.15) is 25.0 Å². The summed E-state index contributed by atoms with van der Waals surface area (Å²) in [7, 11) is 0. The predicted octanol–water partition coefficient (Wildman–Crippen LogP) is 10.5. The van der Waals surface area contributed by atoms with Crippen molar-refractivity contribution < 1.29 is 0 Å². The highest BCUT2D eigenvalue weighted by molar-refractivity contribution is 7.25. The Morgan fingerprint density at radius 3 is 2.02 bits per heavy atom. The highest BCUT2D eigenvalue weighted by Crippen LogP contribution is 2.50. The summed E-state index contributed by atoms with van der Waals surface area (Å²) in [5.74, 6) is 0. The molecule has 0 aliphatic heterocycles. The number of thiophene rings is 1. The maximum absolute atomic E-state index is 4.70. The molecule has 0 saturated heterocycles. The maximum atomic E-state index is 4.70. The van der Waals surface area contributed by atoms with Gasteiger partial charge in [0.05, 0.1) is 21.3 Å². The molecule has 0 N–H and O–H groups in total. The molecular formula is C38H26N2S. The van der Waals surface area contributed by atoms with Crippen molar-refractivity contribution in [1.82, 2.24) is 9.55 Å². The molecule has 0 atom stereocenters. The van der Waals surface area contributed by atoms with Crippen molar-refractivity contribution >= 4 is 53.4 Å². The van der Waals surface area contributed by atoms with Crippen LogP contribution in [0.5, 0.6) is 0 Å². The van der Waals surface area contributed by atoms with Gasteiger partial charge in [-0.1, -0.05) is 74.5 Å². The average molecular weight is 543 g/mol. The van der Waals surface area contributed by atoms with Crippen LogP contribution in [0.4, 0.5) is 0 Å². The maximum Gasteiger partial charge on any atom is 0.0888 e. The minimum atomic E-state index is -0.0556. The fourth-order valence-electron chi connectivity index (χ4n) is 7.05. The summed E-state index contributed by atoms with van der Waals surface area (Å²) >= 11 is 1.81. The smallest absolute Gasteiger partial charge is 0.0888 e. The third kappa shape index (κ3) is 3.15. The first-order valence-corrected chi connectivity index (χ1v) is 15.0. The fraction of sp³-hybridized carbons (Fsp3) is 0.0789. The highest BCUT2D eigenvalue weighted by Gasteiger charge is 2.36. The van der Waals surface area contributed by atoms with Gasteiger partial charge < -0.3 is 4.57 Å². The van der Waals surface area contributed by atoms with Gasteiger partial charge in [-0.15, -0.1) is 11.3 Å². The molecule has 0 radical (unpaired) electrons. The number of para-hydroxylation sites is 2. The number of pyridine rings is 1. The topological polar surface area (TPSA) is 17.8 Å². The van der Waals surface area contributed by atoms with Crippen molar-refractivity contribution in [3.05, 3.63) is 133 Å². The molecule has 0 unspecified atom stereocenters. The molecule has 3 heteroatoms. The molecule has 0 amide bonds. The van der Waals surface area contributed by atoms with Gasteiger partial charge in [-0.25, -0.2) is 0 Å². The molecule has 5 aromatic carbocycles. The van der Waals surface area contributed by atoms with Gasteiger partial charge in [-0.2, -0.15) is 0 Å². The van der Waals surface area contributed by atoms with Crippen LogP contribution in [-0.4, -0.2) is 9.55 Å². The minimum absolute atomic E-state index is 0.0556. The Kier molecular flexibility index (Phi) is 4.58. The molecular weight excluding hydrogens is 516 g/mol. The summed E-state index contributed by atoms with van der Waals surface area (Å²) in [6, 6.07) is 42.6. The summed E-state index contributed by atoms with van der Waals surface area (Å²) in [6.07, 6.45) is 1.89. The van der Waals surface area contributed by atoms with E-state index in [1.54, 1.807) is 0 Å². The quantitative estimate of drug-likeness (QED) is 0.212. The molecule has 41 heavy (non-hydrogen) atoms. The lowest BCUT2D eigenvalue weighted by atomic mass is 9.82. The third-order valence-corrected chi connectivity index (χ3v) is 10.2. The Morgan fingerprint density at radius 1 is 0.585 bits per heavy atom. The van der Waals surface area contributed by atoms with E-state index in [9.17, 15) is 0 Å². The molecule has 2 nitrogen and oxygen atoms in total. The normalized spacial score (nSPS) is 13.8. The summed E-state index contributed by atoms with van der Waals surface area (Å²) < 4.78 is 4.94. The molecule has 0 spiro atoms. The summed E-state index contributed by atoms with van der Waals surface area (Å²) in [4.78, 5) is 4.70. The molecule has 194 valence electrons. The van der Waals surface area contributed by atoms with Gasteiger partial charge in [0.1, 0.15) is 0 Å². The van der Waals surface area contributed by atoms with E-state index >= 15 is 0 Å². The van der Waals surface area contributed by atoms with Crippen LogP contribution in [0.3, 0.4) is 0 Å². The van der Waals surface area contributed by atoms with E-state index in [0.717, 1.165) is 5.52 Å². The Morgan fingerprint density at radius 2 is 1.24 bits per heavy atom. The molecule has 0 saturated carbocycles. The molecule has 1 aliphatic carbocycles. The number of rotatable bonds is 2. The van der Waals surface area contributed by atoms with E-state index in [1.165, 1.54) is 75.7 Å². The van der Waals surface area contributed by atoms with Crippen LogP contribution in [-0.2, 0) is 5.41 Å². The fourth-order valence-corrected chi connectivity index (χ4v) is 8.10. The van der Waals surface area contributed by atoms with Gasteiger partial charge in [0.25, 0.3) is 0 Å². The van der Waals surface area contributed by atoms with Gasteiger partial charge >= 0.3 is 0 Å². The lowest BCUT2D eigenvalue weighted by Crippen LogP contribution is -2.14. The van der Waals surface area contributed by atoms with Gasteiger partial charge in [0.2, 0.25) is 0 Å². The zero-order chi connectivity index (χ0) is 27.3. The molecule has 1 aliphatic rings. The standard InChI is InChI=1S/C38H26N2S/c1-38(2)31-16-13-23(24-14-18-35-30(21-24)37-36(41-35)12-7-19-39-37)20-28(31)29-22-25(15-17-32(29)38)40-33-10-5-3-8-26(33)27-9-4-6-11-34(27)40/h3-22H,1-2H3. The van der Waals surface area contributed by atoms with Crippen molar-refractivity contribution in [1.29, 1.82) is 0 Å². The number of fused-ring (bicyclic) bond motifs is 9. The number of hydrogen-bond acceptors (Lipinski definition) is 2. The van der Waals surface area contributed by atoms with Crippen LogP contribution in [0, 0.1) is 0 Å². The third-order valence-electron chi connectivity index (χ3n) is 9.06. The molecule has 0 bridgehead atoms. The summed E-state index contributed by atoms with van der Waals surface area (Å²) in [5, 5.41) is 3.81. The summed E-state index contributed by atoms with van der Waals surface area (Å²) in [5.41, 5.74) is 12.6. The van der Waals surface area contributed by atoms with Crippen molar-refractivity contribution in [3.8, 4) is 27.9 Å². The minimum Gasteiger partial charge on any atom is -0.309 e. The van der Waals surface area contributed by atoms with Crippen molar-refractivity contribution in [2.24, 2.45) is 0 Å². The number of aromatic nitrogens is 2. The number of nitrogens with zero attached hydrogens (tertiary/aromatic N) is 2. The van der Waals surface area contributed by atoms with Gasteiger partial charge in [-0.05, 0) is 88.0 Å². The van der Waals surface area contributed by atoms with E-state index < -0.39 is 0 Å². The van der Waals surface area contributed by atoms with Crippen LogP contribution in [0.25, 0.3) is 70.0 Å². The van der Waals surface area contributed by atoms with E-state index in [4.69, 9.17) is 4.98 Å². The van der Waals surface area contributed by atoms with E-state index in [2.05, 4.69) is 128 Å². The monoisotopic (exact) mass is 542 g/mol. The highest BCUT2D eigenvalue weighted by atomic mass is 32.1. The van der Waals surface area contributed by atoms with Gasteiger partial charge in [-0.3, -0.25) is 4.98 Å². The lowest BCUT2D eigenvalue weighted by Gasteiger charge is -2.22. The first kappa shape index (κ1) is 23.0. The largest absolute Gasteiger partial charge is 0.309 e. The van der Waals surface area contributed by atoms with Crippen LogP contribution in [0.15, 0.2) is 121 Å². The first-order chi connectivity index (χ1) is 20.1. The van der Waals surface area contributed by atoms with Crippen molar-refractivity contribution in [2.75, 3.05) is 0 Å². The predicted molar refractivity (Wildman–Crippen MR) is 174 cm³/mol. The Balaban J connectivity index is 1.25. The number of hydrogen-bond donors (Lipinski definition) is 0. The van der Waals surface area contributed by atoms with Crippen LogP contribution >= 0.6 is 11.3 Å². The number of benzene rings is 5. The Bertz CT molecular complexity index is 2300. The summed E-state index contributed by atoms with van der Waals surface area (Å²) in [6.45, 7) is 4.71. The second kappa shape index (κ2) is 8.15.